The number of nitrogens with zero attached hydrogens (tertiary/aromatic N) is 3. The molecule has 3 N–H and O–H groups in total. The number of carboxylic acid groups (broad SMARTS) is 1. The summed E-state index contributed by atoms with van der Waals surface area (Å²) in [5.74, 6) is -0.959. The van der Waals surface area contributed by atoms with Crippen molar-refractivity contribution in [2.24, 2.45) is 0 Å². The van der Waals surface area contributed by atoms with Gasteiger partial charge in [0.05, 0.1) is 29.9 Å². The minimum Gasteiger partial charge on any atom is -0.478 e. The summed E-state index contributed by atoms with van der Waals surface area (Å²) in [6, 6.07) is 16.1. The summed E-state index contributed by atoms with van der Waals surface area (Å²) in [6.07, 6.45) is 3.68. The van der Waals surface area contributed by atoms with E-state index in [0.29, 0.717) is 11.7 Å². The van der Waals surface area contributed by atoms with E-state index in [-0.39, 0.29) is 24.3 Å². The van der Waals surface area contributed by atoms with E-state index in [2.05, 4.69) is 10.3 Å². The molecule has 3 heterocycles. The molecule has 4 rings (SSSR count). The fourth-order valence-corrected chi connectivity index (χ4v) is 4.04. The number of β-amino-alcohol motifs (C(OH)–C–C–N with tert-alkyl or cyclic N) is 1. The smallest absolute Gasteiger partial charge is 0.335 e. The van der Waals surface area contributed by atoms with Gasteiger partial charge < -0.3 is 25.0 Å². The van der Waals surface area contributed by atoms with E-state index in [0.717, 1.165) is 17.1 Å². The van der Waals surface area contributed by atoms with Crippen molar-refractivity contribution < 1.29 is 15.0 Å². The molecule has 7 nitrogen and oxygen atoms in total. The highest BCUT2D eigenvalue weighted by molar-refractivity contribution is 7.80. The van der Waals surface area contributed by atoms with Crippen LogP contribution in [0.15, 0.2) is 67.0 Å². The minimum absolute atomic E-state index is 0.0265. The number of hydrogen-bond donors (Lipinski definition) is 3. The van der Waals surface area contributed by atoms with Crippen LogP contribution in [0.1, 0.15) is 33.8 Å². The topological polar surface area (TPSA) is 90.6 Å². The van der Waals surface area contributed by atoms with Crippen molar-refractivity contribution >= 4 is 23.3 Å². The fraction of sp³-hybridized carbons (Fsp3) is 0.190. The quantitative estimate of drug-likeness (QED) is 0.540. The molecule has 29 heavy (non-hydrogen) atoms. The van der Waals surface area contributed by atoms with Gasteiger partial charge in [0.1, 0.15) is 0 Å². The highest BCUT2D eigenvalue weighted by Gasteiger charge is 2.40. The largest absolute Gasteiger partial charge is 0.478 e. The number of nitrogens with one attached hydrogen (secondary N) is 1. The average molecular weight is 408 g/mol. The number of benzene rings is 1. The molecule has 148 valence electrons. The second-order valence-corrected chi connectivity index (χ2v) is 7.09. The van der Waals surface area contributed by atoms with E-state index < -0.39 is 5.97 Å². The first-order chi connectivity index (χ1) is 14.1. The van der Waals surface area contributed by atoms with Crippen molar-refractivity contribution in [3.63, 3.8) is 0 Å². The third kappa shape index (κ3) is 3.59. The Bertz CT molecular complexity index is 1020. The summed E-state index contributed by atoms with van der Waals surface area (Å²) in [5, 5.41) is 22.6. The van der Waals surface area contributed by atoms with Crippen LogP contribution in [-0.2, 0) is 0 Å². The maximum Gasteiger partial charge on any atom is 0.335 e. The molecule has 0 aliphatic carbocycles. The van der Waals surface area contributed by atoms with Crippen LogP contribution in [0.2, 0.25) is 0 Å². The van der Waals surface area contributed by atoms with Crippen LogP contribution in [0.3, 0.4) is 0 Å². The second-order valence-electron chi connectivity index (χ2n) is 6.70. The molecule has 0 saturated carbocycles. The zero-order chi connectivity index (χ0) is 20.4. The Balaban J connectivity index is 1.77. The molecule has 1 saturated heterocycles. The van der Waals surface area contributed by atoms with Crippen LogP contribution in [0.25, 0.3) is 5.69 Å². The Hall–Kier alpha value is -3.23. The van der Waals surface area contributed by atoms with Gasteiger partial charge in [-0.2, -0.15) is 0 Å². The van der Waals surface area contributed by atoms with Gasteiger partial charge in [-0.15, -0.1) is 0 Å². The van der Waals surface area contributed by atoms with Crippen LogP contribution >= 0.6 is 12.2 Å². The van der Waals surface area contributed by atoms with Crippen molar-refractivity contribution in [3.8, 4) is 5.69 Å². The molecule has 2 atom stereocenters. The standard InChI is InChI=1S/C21H20N4O3S/c26-13-12-25-19(18(23-21(25)29)16-4-1-2-10-22-16)17-5-3-11-24(17)15-8-6-14(7-9-15)20(27)28/h1-11,18-19,26H,12-13H2,(H,23,29)(H,27,28)/t18-,19+/m1/s1. The summed E-state index contributed by atoms with van der Waals surface area (Å²) in [6.45, 7) is 0.365. The van der Waals surface area contributed by atoms with E-state index in [9.17, 15) is 9.90 Å². The number of aliphatic hydroxyl groups is 1. The molecular weight excluding hydrogens is 388 g/mol. The van der Waals surface area contributed by atoms with Gasteiger partial charge in [0, 0.05) is 30.3 Å². The van der Waals surface area contributed by atoms with Crippen molar-refractivity contribution in [2.75, 3.05) is 13.2 Å². The number of aromatic carboxylic acids is 1. The zero-order valence-corrected chi connectivity index (χ0v) is 16.3. The van der Waals surface area contributed by atoms with Crippen LogP contribution in [0.5, 0.6) is 0 Å². The van der Waals surface area contributed by atoms with Gasteiger partial charge in [-0.3, -0.25) is 4.98 Å². The molecule has 0 radical (unpaired) electrons. The Labute approximate surface area is 173 Å². The number of rotatable bonds is 6. The van der Waals surface area contributed by atoms with Crippen LogP contribution in [0, 0.1) is 0 Å². The third-order valence-corrected chi connectivity index (χ3v) is 5.37. The Morgan fingerprint density at radius 1 is 1.14 bits per heavy atom. The predicted octanol–water partition coefficient (Wildman–Crippen LogP) is 2.54. The number of carbonyl (C=O) groups is 1. The van der Waals surface area contributed by atoms with E-state index in [1.165, 1.54) is 0 Å². The SMILES string of the molecule is O=C(O)c1ccc(-n2cccc2[C@H]2[C@@H](c3ccccn3)NC(=S)N2CCO)cc1. The molecule has 1 fully saturated rings. The predicted molar refractivity (Wildman–Crippen MR) is 112 cm³/mol. The van der Waals surface area contributed by atoms with Crippen molar-refractivity contribution in [1.29, 1.82) is 0 Å². The summed E-state index contributed by atoms with van der Waals surface area (Å²) in [7, 11) is 0. The highest BCUT2D eigenvalue weighted by atomic mass is 32.1. The molecule has 1 aliphatic rings. The number of thiocarbonyl (C=S) groups is 1. The second kappa shape index (κ2) is 8.02. The van der Waals surface area contributed by atoms with Crippen molar-refractivity contribution in [1.82, 2.24) is 19.8 Å². The van der Waals surface area contributed by atoms with Gasteiger partial charge in [0.2, 0.25) is 0 Å². The Kier molecular flexibility index (Phi) is 5.28. The van der Waals surface area contributed by atoms with E-state index in [4.69, 9.17) is 17.3 Å². The first kappa shape index (κ1) is 19.1. The Morgan fingerprint density at radius 2 is 1.93 bits per heavy atom. The van der Waals surface area contributed by atoms with E-state index in [1.54, 1.807) is 30.5 Å². The third-order valence-electron chi connectivity index (χ3n) is 5.01. The molecule has 2 aromatic heterocycles. The first-order valence-corrected chi connectivity index (χ1v) is 9.61. The van der Waals surface area contributed by atoms with E-state index in [1.807, 2.05) is 46.0 Å². The normalized spacial score (nSPS) is 18.7. The molecule has 0 spiro atoms. The molecule has 0 unspecified atom stereocenters. The molecule has 0 bridgehead atoms. The number of hydrogen-bond acceptors (Lipinski definition) is 4. The van der Waals surface area contributed by atoms with Crippen LogP contribution in [-0.4, -0.2) is 48.9 Å². The summed E-state index contributed by atoms with van der Waals surface area (Å²) < 4.78 is 2.01. The fourth-order valence-electron chi connectivity index (χ4n) is 3.71. The molecule has 1 aromatic carbocycles. The summed E-state index contributed by atoms with van der Waals surface area (Å²) >= 11 is 5.54. The maximum atomic E-state index is 11.2. The highest BCUT2D eigenvalue weighted by Crippen LogP contribution is 2.39. The van der Waals surface area contributed by atoms with Gasteiger partial charge >= 0.3 is 5.97 Å². The van der Waals surface area contributed by atoms with Gasteiger partial charge in [-0.25, -0.2) is 4.79 Å². The van der Waals surface area contributed by atoms with Crippen LogP contribution < -0.4 is 5.32 Å². The first-order valence-electron chi connectivity index (χ1n) is 9.20. The van der Waals surface area contributed by atoms with Gasteiger partial charge in [0.25, 0.3) is 0 Å². The molecule has 8 heteroatoms. The molecule has 1 aliphatic heterocycles. The maximum absolute atomic E-state index is 11.2. The number of aliphatic hydroxyl groups excluding tert-OH is 1. The zero-order valence-electron chi connectivity index (χ0n) is 15.5. The van der Waals surface area contributed by atoms with Gasteiger partial charge in [-0.05, 0) is 60.7 Å². The average Bonchev–Trinajstić information content (AvgIpc) is 3.34. The van der Waals surface area contributed by atoms with Gasteiger partial charge in [0.15, 0.2) is 5.11 Å². The van der Waals surface area contributed by atoms with Crippen molar-refractivity contribution in [3.05, 3.63) is 83.9 Å². The lowest BCUT2D eigenvalue weighted by atomic mass is 10.0. The summed E-state index contributed by atoms with van der Waals surface area (Å²) in [5.41, 5.74) is 2.90. The molecule has 0 amide bonds. The summed E-state index contributed by atoms with van der Waals surface area (Å²) in [4.78, 5) is 17.6. The lowest BCUT2D eigenvalue weighted by molar-refractivity contribution is 0.0697. The molecular formula is C21H20N4O3S. The van der Waals surface area contributed by atoms with Crippen molar-refractivity contribution in [2.45, 2.75) is 12.1 Å². The van der Waals surface area contributed by atoms with Gasteiger partial charge in [-0.1, -0.05) is 6.07 Å². The lowest BCUT2D eigenvalue weighted by Gasteiger charge is -2.28. The Morgan fingerprint density at radius 3 is 2.59 bits per heavy atom. The lowest BCUT2D eigenvalue weighted by Crippen LogP contribution is -2.32. The molecule has 3 aromatic rings. The number of carboxylic acids is 1. The number of aromatic nitrogens is 2. The minimum atomic E-state index is -0.959. The van der Waals surface area contributed by atoms with Crippen LogP contribution in [0.4, 0.5) is 0 Å². The number of pyridine rings is 1. The monoisotopic (exact) mass is 408 g/mol. The van der Waals surface area contributed by atoms with E-state index >= 15 is 0 Å².